The van der Waals surface area contributed by atoms with E-state index in [2.05, 4.69) is 49.1 Å². The van der Waals surface area contributed by atoms with Crippen molar-refractivity contribution in [2.45, 2.75) is 19.8 Å². The predicted octanol–water partition coefficient (Wildman–Crippen LogP) is 4.31. The molecule has 0 fully saturated rings. The number of rotatable bonds is 4. The fourth-order valence-electron chi connectivity index (χ4n) is 2.06. The number of aryl methyl sites for hydroxylation is 1. The van der Waals surface area contributed by atoms with Gasteiger partial charge in [0.25, 0.3) is 0 Å². The molecule has 0 saturated heterocycles. The van der Waals surface area contributed by atoms with Crippen LogP contribution in [0, 0.1) is 24.7 Å². The highest BCUT2D eigenvalue weighted by molar-refractivity contribution is 5.57. The van der Waals surface area contributed by atoms with Gasteiger partial charge in [0.2, 0.25) is 0 Å². The van der Waals surface area contributed by atoms with Gasteiger partial charge in [0.05, 0.1) is 25.3 Å². The number of methoxy groups -OCH3 is 2. The lowest BCUT2D eigenvalue weighted by Gasteiger charge is -2.08. The number of benzene rings is 2. The van der Waals surface area contributed by atoms with Crippen LogP contribution in [0.1, 0.15) is 30.0 Å². The van der Waals surface area contributed by atoms with Crippen LogP contribution >= 0.6 is 0 Å². The summed E-state index contributed by atoms with van der Waals surface area (Å²) in [7, 11) is 3.09. The fourth-order valence-corrected chi connectivity index (χ4v) is 2.06. The molecule has 0 spiro atoms. The van der Waals surface area contributed by atoms with E-state index in [9.17, 15) is 0 Å². The molecule has 0 amide bonds. The van der Waals surface area contributed by atoms with E-state index in [1.807, 2.05) is 0 Å². The van der Waals surface area contributed by atoms with Crippen molar-refractivity contribution in [2.75, 3.05) is 14.2 Å². The van der Waals surface area contributed by atoms with Crippen LogP contribution in [0.5, 0.6) is 11.5 Å². The Hall–Kier alpha value is -2.84. The maximum Gasteiger partial charge on any atom is 0.135 e. The molecule has 0 atom stereocenters. The summed E-state index contributed by atoms with van der Waals surface area (Å²) in [5, 5.41) is 0. The minimum absolute atomic E-state index is 0.584. The van der Waals surface area contributed by atoms with Crippen LogP contribution < -0.4 is 9.47 Å². The molecule has 0 aliphatic heterocycles. The lowest BCUT2D eigenvalue weighted by molar-refractivity contribution is 0.401. The molecule has 2 rings (SSSR count). The summed E-state index contributed by atoms with van der Waals surface area (Å²) >= 11 is 0. The molecule has 2 nitrogen and oxygen atoms in total. The van der Waals surface area contributed by atoms with E-state index in [1.54, 1.807) is 26.4 Å². The van der Waals surface area contributed by atoms with Crippen molar-refractivity contribution < 1.29 is 9.47 Å². The van der Waals surface area contributed by atoms with Gasteiger partial charge in [0, 0.05) is 12.1 Å². The van der Waals surface area contributed by atoms with Gasteiger partial charge in [-0.05, 0) is 12.0 Å². The van der Waals surface area contributed by atoms with Crippen LogP contribution in [0.4, 0.5) is 0 Å². The van der Waals surface area contributed by atoms with Crippen LogP contribution in [-0.4, -0.2) is 14.2 Å². The Kier molecular flexibility index (Phi) is 7.90. The molecule has 0 aromatic heterocycles. The van der Waals surface area contributed by atoms with Crippen LogP contribution in [0.2, 0.25) is 0 Å². The molecule has 0 heterocycles. The average Bonchev–Trinajstić information content (AvgIpc) is 2.62. The Labute approximate surface area is 139 Å². The summed E-state index contributed by atoms with van der Waals surface area (Å²) in [4.78, 5) is 0. The number of terminal acetylenes is 2. The highest BCUT2D eigenvalue weighted by Crippen LogP contribution is 2.27. The van der Waals surface area contributed by atoms with Gasteiger partial charge in [-0.2, -0.15) is 0 Å². The second-order valence-corrected chi connectivity index (χ2v) is 4.78. The van der Waals surface area contributed by atoms with Gasteiger partial charge >= 0.3 is 0 Å². The van der Waals surface area contributed by atoms with Crippen molar-refractivity contribution in [2.24, 2.45) is 0 Å². The molecule has 0 aliphatic carbocycles. The number of ether oxygens (including phenoxy) is 2. The zero-order valence-corrected chi connectivity index (χ0v) is 13.9. The molecular weight excluding hydrogens is 284 g/mol. The highest BCUT2D eigenvalue weighted by atomic mass is 16.5. The van der Waals surface area contributed by atoms with E-state index in [-0.39, 0.29) is 0 Å². The van der Waals surface area contributed by atoms with Crippen LogP contribution in [-0.2, 0) is 6.42 Å². The molecule has 23 heavy (non-hydrogen) atoms. The number of hydrogen-bond donors (Lipinski definition) is 0. The predicted molar refractivity (Wildman–Crippen MR) is 95.9 cm³/mol. The van der Waals surface area contributed by atoms with Crippen molar-refractivity contribution in [3.05, 3.63) is 59.2 Å². The second-order valence-electron chi connectivity index (χ2n) is 4.78. The SMILES string of the molecule is C#Cc1cc(OC)c(C#C)cc1OC.CCCc1ccccc1. The highest BCUT2D eigenvalue weighted by Gasteiger charge is 2.07. The van der Waals surface area contributed by atoms with Gasteiger partial charge in [-0.3, -0.25) is 0 Å². The van der Waals surface area contributed by atoms with Crippen LogP contribution in [0.25, 0.3) is 0 Å². The van der Waals surface area contributed by atoms with Crippen molar-refractivity contribution in [1.82, 2.24) is 0 Å². The third kappa shape index (κ3) is 5.46. The zero-order valence-electron chi connectivity index (χ0n) is 13.9. The fraction of sp³-hybridized carbons (Fsp3) is 0.238. The van der Waals surface area contributed by atoms with E-state index in [1.165, 1.54) is 18.4 Å². The van der Waals surface area contributed by atoms with Gasteiger partial charge in [0.15, 0.2) is 0 Å². The lowest BCUT2D eigenvalue weighted by atomic mass is 10.1. The Balaban J connectivity index is 0.000000253. The van der Waals surface area contributed by atoms with Crippen molar-refractivity contribution in [3.63, 3.8) is 0 Å². The van der Waals surface area contributed by atoms with E-state index in [4.69, 9.17) is 22.3 Å². The van der Waals surface area contributed by atoms with Gasteiger partial charge < -0.3 is 9.47 Å². The maximum absolute atomic E-state index is 5.30. The van der Waals surface area contributed by atoms with Crippen LogP contribution in [0.3, 0.4) is 0 Å². The molecular formula is C21H22O2. The third-order valence-corrected chi connectivity index (χ3v) is 3.21. The van der Waals surface area contributed by atoms with E-state index < -0.39 is 0 Å². The minimum Gasteiger partial charge on any atom is -0.495 e. The number of hydrogen-bond acceptors (Lipinski definition) is 2. The van der Waals surface area contributed by atoms with Gasteiger partial charge in [0.1, 0.15) is 11.5 Å². The summed E-state index contributed by atoms with van der Waals surface area (Å²) < 4.78 is 10.2. The van der Waals surface area contributed by atoms with Gasteiger partial charge in [-0.25, -0.2) is 0 Å². The summed E-state index contributed by atoms with van der Waals surface area (Å²) in [5.74, 6) is 6.17. The van der Waals surface area contributed by atoms with Crippen molar-refractivity contribution in [3.8, 4) is 36.2 Å². The van der Waals surface area contributed by atoms with E-state index >= 15 is 0 Å². The molecule has 2 aromatic rings. The van der Waals surface area contributed by atoms with Crippen molar-refractivity contribution >= 4 is 0 Å². The first kappa shape index (κ1) is 18.2. The molecule has 0 radical (unpaired) electrons. The Morgan fingerprint density at radius 2 is 1.35 bits per heavy atom. The Bertz CT molecular complexity index is 647. The first-order chi connectivity index (χ1) is 11.2. The Morgan fingerprint density at radius 1 is 0.870 bits per heavy atom. The third-order valence-electron chi connectivity index (χ3n) is 3.21. The summed E-state index contributed by atoms with van der Waals surface area (Å²) in [5.41, 5.74) is 2.70. The van der Waals surface area contributed by atoms with Crippen molar-refractivity contribution in [1.29, 1.82) is 0 Å². The first-order valence-corrected chi connectivity index (χ1v) is 7.43. The molecule has 0 aliphatic rings. The minimum atomic E-state index is 0.584. The topological polar surface area (TPSA) is 18.5 Å². The molecule has 118 valence electrons. The maximum atomic E-state index is 5.30. The smallest absolute Gasteiger partial charge is 0.135 e. The largest absolute Gasteiger partial charge is 0.495 e. The average molecular weight is 306 g/mol. The summed E-state index contributed by atoms with van der Waals surface area (Å²) in [6.07, 6.45) is 13.1. The monoisotopic (exact) mass is 306 g/mol. The quantitative estimate of drug-likeness (QED) is 0.784. The summed E-state index contributed by atoms with van der Waals surface area (Å²) in [6.45, 7) is 2.20. The molecule has 0 saturated carbocycles. The molecule has 0 bridgehead atoms. The molecule has 0 unspecified atom stereocenters. The standard InChI is InChI=1S/C12H10O2.C9H12/c1-5-9-7-12(14-4)10(6-2)8-11(9)13-3;1-2-6-9-7-4-3-5-8-9/h1-2,7-8H,3-4H3;3-5,7-8H,2,6H2,1H3. The Morgan fingerprint density at radius 3 is 1.70 bits per heavy atom. The van der Waals surface area contributed by atoms with Gasteiger partial charge in [-0.15, -0.1) is 12.8 Å². The van der Waals surface area contributed by atoms with Gasteiger partial charge in [-0.1, -0.05) is 55.5 Å². The first-order valence-electron chi connectivity index (χ1n) is 7.43. The molecule has 2 heteroatoms. The lowest BCUT2D eigenvalue weighted by Crippen LogP contribution is -1.93. The molecule has 2 aromatic carbocycles. The normalized spacial score (nSPS) is 8.91. The van der Waals surface area contributed by atoms with Crippen LogP contribution in [0.15, 0.2) is 42.5 Å². The second kappa shape index (κ2) is 9.98. The van der Waals surface area contributed by atoms with E-state index in [0.717, 1.165) is 0 Å². The zero-order chi connectivity index (χ0) is 17.1. The van der Waals surface area contributed by atoms with E-state index in [0.29, 0.717) is 22.6 Å². The molecule has 0 N–H and O–H groups in total. The summed E-state index contributed by atoms with van der Waals surface area (Å²) in [6, 6.07) is 13.9.